The third-order valence-corrected chi connectivity index (χ3v) is 6.72. The van der Waals surface area contributed by atoms with E-state index in [1.54, 1.807) is 0 Å². The molecule has 0 N–H and O–H groups in total. The molecule has 0 heterocycles. The Bertz CT molecular complexity index is 955. The third kappa shape index (κ3) is 6.94. The minimum atomic E-state index is -0.206. The van der Waals surface area contributed by atoms with Gasteiger partial charge < -0.3 is 14.4 Å². The first kappa shape index (κ1) is 24.0. The number of esters is 1. The van der Waals surface area contributed by atoms with E-state index in [0.29, 0.717) is 18.9 Å². The van der Waals surface area contributed by atoms with Crippen molar-refractivity contribution in [1.82, 2.24) is 0 Å². The Labute approximate surface area is 203 Å². The third-order valence-electron chi connectivity index (χ3n) is 6.72. The van der Waals surface area contributed by atoms with Crippen LogP contribution in [0.4, 0.5) is 5.69 Å². The van der Waals surface area contributed by atoms with Crippen LogP contribution in [0.15, 0.2) is 84.9 Å². The smallest absolute Gasteiger partial charge is 0.307 e. The van der Waals surface area contributed by atoms with Gasteiger partial charge in [-0.05, 0) is 60.4 Å². The van der Waals surface area contributed by atoms with Crippen molar-refractivity contribution in [3.8, 4) is 0 Å². The SMILES string of the molecule is COC(=O)CCOC1CCC(c2ccc(N(Cc3ccccc3)Cc3ccccc3)cc2)CC1. The molecule has 4 nitrogen and oxygen atoms in total. The van der Waals surface area contributed by atoms with Gasteiger partial charge in [-0.2, -0.15) is 0 Å². The molecule has 0 spiro atoms. The molecule has 0 unspecified atom stereocenters. The summed E-state index contributed by atoms with van der Waals surface area (Å²) in [6.45, 7) is 2.21. The minimum Gasteiger partial charge on any atom is -0.469 e. The number of rotatable bonds is 10. The molecular formula is C30H35NO3. The number of benzene rings is 3. The molecule has 1 saturated carbocycles. The summed E-state index contributed by atoms with van der Waals surface area (Å²) < 4.78 is 10.6. The average Bonchev–Trinajstić information content (AvgIpc) is 2.90. The molecule has 4 rings (SSSR count). The zero-order valence-corrected chi connectivity index (χ0v) is 20.1. The van der Waals surface area contributed by atoms with Crippen molar-refractivity contribution in [3.05, 3.63) is 102 Å². The second kappa shape index (κ2) is 12.4. The Morgan fingerprint density at radius 3 is 1.88 bits per heavy atom. The topological polar surface area (TPSA) is 38.8 Å². The number of ether oxygens (including phenoxy) is 2. The van der Waals surface area contributed by atoms with Gasteiger partial charge in [-0.1, -0.05) is 72.8 Å². The first-order valence-corrected chi connectivity index (χ1v) is 12.3. The van der Waals surface area contributed by atoms with Crippen molar-refractivity contribution in [3.63, 3.8) is 0 Å². The van der Waals surface area contributed by atoms with Crippen LogP contribution in [0.25, 0.3) is 0 Å². The standard InChI is InChI=1S/C30H35NO3/c1-33-30(32)20-21-34-29-18-14-27(15-19-29)26-12-16-28(17-13-26)31(22-24-8-4-2-5-9-24)23-25-10-6-3-7-11-25/h2-13,16-17,27,29H,14-15,18-23H2,1H3. The van der Waals surface area contributed by atoms with Crippen LogP contribution in [0.1, 0.15) is 54.7 Å². The molecule has 0 amide bonds. The van der Waals surface area contributed by atoms with Gasteiger partial charge in [0.2, 0.25) is 0 Å². The molecule has 34 heavy (non-hydrogen) atoms. The Morgan fingerprint density at radius 2 is 1.35 bits per heavy atom. The van der Waals surface area contributed by atoms with Crippen LogP contribution in [0.5, 0.6) is 0 Å². The van der Waals surface area contributed by atoms with Crippen molar-refractivity contribution >= 4 is 11.7 Å². The molecule has 3 aromatic carbocycles. The predicted octanol–water partition coefficient (Wildman–Crippen LogP) is 6.50. The summed E-state index contributed by atoms with van der Waals surface area (Å²) in [5, 5.41) is 0. The van der Waals surface area contributed by atoms with E-state index in [1.807, 2.05) is 0 Å². The van der Waals surface area contributed by atoms with Crippen molar-refractivity contribution in [2.24, 2.45) is 0 Å². The van der Waals surface area contributed by atoms with Gasteiger partial charge in [0.25, 0.3) is 0 Å². The van der Waals surface area contributed by atoms with Crippen LogP contribution in [-0.4, -0.2) is 25.8 Å². The maximum absolute atomic E-state index is 11.3. The predicted molar refractivity (Wildman–Crippen MR) is 137 cm³/mol. The van der Waals surface area contributed by atoms with Gasteiger partial charge in [-0.25, -0.2) is 0 Å². The van der Waals surface area contributed by atoms with Gasteiger partial charge in [-0.15, -0.1) is 0 Å². The minimum absolute atomic E-state index is 0.206. The molecule has 0 aromatic heterocycles. The van der Waals surface area contributed by atoms with E-state index < -0.39 is 0 Å². The molecule has 1 aliphatic carbocycles. The number of carbonyl (C=O) groups is 1. The van der Waals surface area contributed by atoms with E-state index in [9.17, 15) is 4.79 Å². The first-order valence-electron chi connectivity index (χ1n) is 12.3. The molecule has 1 fully saturated rings. The number of methoxy groups -OCH3 is 1. The Balaban J connectivity index is 1.37. The largest absolute Gasteiger partial charge is 0.469 e. The maximum atomic E-state index is 11.3. The maximum Gasteiger partial charge on any atom is 0.307 e. The zero-order valence-electron chi connectivity index (χ0n) is 20.1. The highest BCUT2D eigenvalue weighted by Crippen LogP contribution is 2.35. The molecule has 1 aliphatic rings. The molecule has 0 atom stereocenters. The fourth-order valence-electron chi connectivity index (χ4n) is 4.78. The summed E-state index contributed by atoms with van der Waals surface area (Å²) in [4.78, 5) is 13.7. The number of hydrogen-bond donors (Lipinski definition) is 0. The first-order chi connectivity index (χ1) is 16.7. The summed E-state index contributed by atoms with van der Waals surface area (Å²) in [6.07, 6.45) is 4.93. The monoisotopic (exact) mass is 457 g/mol. The van der Waals surface area contributed by atoms with Gasteiger partial charge in [-0.3, -0.25) is 4.79 Å². The van der Waals surface area contributed by atoms with Gasteiger partial charge >= 0.3 is 5.97 Å². The molecule has 0 saturated heterocycles. The lowest BCUT2D eigenvalue weighted by Gasteiger charge is -2.30. The summed E-state index contributed by atoms with van der Waals surface area (Å²) in [5.41, 5.74) is 5.29. The summed E-state index contributed by atoms with van der Waals surface area (Å²) in [7, 11) is 1.42. The summed E-state index contributed by atoms with van der Waals surface area (Å²) in [5.74, 6) is 0.369. The highest BCUT2D eigenvalue weighted by atomic mass is 16.5. The number of nitrogens with zero attached hydrogens (tertiary/aromatic N) is 1. The fraction of sp³-hybridized carbons (Fsp3) is 0.367. The Morgan fingerprint density at radius 1 is 0.794 bits per heavy atom. The van der Waals surface area contributed by atoms with Crippen LogP contribution >= 0.6 is 0 Å². The number of carbonyl (C=O) groups excluding carboxylic acids is 1. The van der Waals surface area contributed by atoms with E-state index in [4.69, 9.17) is 4.74 Å². The zero-order chi connectivity index (χ0) is 23.6. The average molecular weight is 458 g/mol. The van der Waals surface area contributed by atoms with E-state index in [-0.39, 0.29) is 12.1 Å². The molecule has 0 radical (unpaired) electrons. The highest BCUT2D eigenvalue weighted by Gasteiger charge is 2.23. The quantitative estimate of drug-likeness (QED) is 0.326. The van der Waals surface area contributed by atoms with E-state index in [0.717, 1.165) is 38.8 Å². The van der Waals surface area contributed by atoms with Crippen molar-refractivity contribution in [2.45, 2.75) is 57.2 Å². The molecule has 0 bridgehead atoms. The highest BCUT2D eigenvalue weighted by molar-refractivity contribution is 5.69. The molecule has 178 valence electrons. The normalized spacial score (nSPS) is 17.8. The van der Waals surface area contributed by atoms with E-state index in [1.165, 1.54) is 29.5 Å². The number of anilines is 1. The van der Waals surface area contributed by atoms with Crippen molar-refractivity contribution < 1.29 is 14.3 Å². The lowest BCUT2D eigenvalue weighted by molar-refractivity contribution is -0.142. The van der Waals surface area contributed by atoms with E-state index >= 15 is 0 Å². The van der Waals surface area contributed by atoms with Crippen LogP contribution < -0.4 is 4.90 Å². The fourth-order valence-corrected chi connectivity index (χ4v) is 4.78. The lowest BCUT2D eigenvalue weighted by Crippen LogP contribution is -2.23. The number of hydrogen-bond acceptors (Lipinski definition) is 4. The van der Waals surface area contributed by atoms with E-state index in [2.05, 4.69) is 94.6 Å². The van der Waals surface area contributed by atoms with Gasteiger partial charge in [0.05, 0.1) is 26.2 Å². The molecular weight excluding hydrogens is 422 g/mol. The van der Waals surface area contributed by atoms with Gasteiger partial charge in [0.15, 0.2) is 0 Å². The second-order valence-corrected chi connectivity index (χ2v) is 9.09. The van der Waals surface area contributed by atoms with Crippen molar-refractivity contribution in [1.29, 1.82) is 0 Å². The second-order valence-electron chi connectivity index (χ2n) is 9.09. The molecule has 0 aliphatic heterocycles. The van der Waals surface area contributed by atoms with Gasteiger partial charge in [0, 0.05) is 18.8 Å². The summed E-state index contributed by atoms with van der Waals surface area (Å²) >= 11 is 0. The molecule has 4 heteroatoms. The Kier molecular flexibility index (Phi) is 8.75. The van der Waals surface area contributed by atoms with Crippen LogP contribution in [0.3, 0.4) is 0 Å². The van der Waals surface area contributed by atoms with Crippen LogP contribution in [0.2, 0.25) is 0 Å². The lowest BCUT2D eigenvalue weighted by atomic mass is 9.82. The van der Waals surface area contributed by atoms with Gasteiger partial charge in [0.1, 0.15) is 0 Å². The van der Waals surface area contributed by atoms with Crippen LogP contribution in [0, 0.1) is 0 Å². The molecule has 3 aromatic rings. The Hall–Kier alpha value is -3.11. The van der Waals surface area contributed by atoms with Crippen LogP contribution in [-0.2, 0) is 27.4 Å². The van der Waals surface area contributed by atoms with Crippen molar-refractivity contribution in [2.75, 3.05) is 18.6 Å². The summed E-state index contributed by atoms with van der Waals surface area (Å²) in [6, 6.07) is 30.5.